The predicted molar refractivity (Wildman–Crippen MR) is 208 cm³/mol. The van der Waals surface area contributed by atoms with Crippen LogP contribution in [0.15, 0.2) is 0 Å². The topological polar surface area (TPSA) is 122 Å². The summed E-state index contributed by atoms with van der Waals surface area (Å²) in [7, 11) is 4.04. The number of likely N-dealkylation sites (N-methyl/N-ethyl adjacent to an activating group) is 1. The Morgan fingerprint density at radius 2 is 0.585 bits per heavy atom. The molecule has 0 bridgehead atoms. The zero-order chi connectivity index (χ0) is 38.4. The average molecular weight is 768 g/mol. The van der Waals surface area contributed by atoms with E-state index in [0.717, 1.165) is 19.4 Å². The normalized spacial score (nSPS) is 11.6. The van der Waals surface area contributed by atoms with Gasteiger partial charge in [-0.1, -0.05) is 84.0 Å². The van der Waals surface area contributed by atoms with Crippen molar-refractivity contribution in [2.45, 2.75) is 96.8 Å². The molecule has 0 amide bonds. The summed E-state index contributed by atoms with van der Waals surface area (Å²) in [6.07, 6.45) is 17.3. The van der Waals surface area contributed by atoms with Crippen molar-refractivity contribution in [1.82, 2.24) is 4.90 Å². The zero-order valence-electron chi connectivity index (χ0n) is 34.3. The summed E-state index contributed by atoms with van der Waals surface area (Å²) in [5.74, 6) is -0.130. The number of hydrogen-bond donors (Lipinski definition) is 0. The van der Waals surface area contributed by atoms with E-state index >= 15 is 0 Å². The second-order valence-electron chi connectivity index (χ2n) is 13.1. The molecule has 53 heavy (non-hydrogen) atoms. The number of nitrogens with zero attached hydrogens (tertiary/aromatic N) is 1. The van der Waals surface area contributed by atoms with Gasteiger partial charge in [0.25, 0.3) is 0 Å². The van der Waals surface area contributed by atoms with Gasteiger partial charge >= 0.3 is 5.97 Å². The second kappa shape index (κ2) is 47.2. The van der Waals surface area contributed by atoms with Crippen molar-refractivity contribution in [3.8, 4) is 0 Å². The van der Waals surface area contributed by atoms with Crippen LogP contribution in [-0.2, 0) is 56.9 Å². The highest BCUT2D eigenvalue weighted by atomic mass is 16.6. The van der Waals surface area contributed by atoms with Gasteiger partial charge in [0, 0.05) is 13.0 Å². The maximum atomic E-state index is 11.9. The fourth-order valence-electron chi connectivity index (χ4n) is 4.90. The third-order valence-electron chi connectivity index (χ3n) is 8.01. The molecule has 0 atom stereocenters. The van der Waals surface area contributed by atoms with E-state index in [2.05, 4.69) is 11.8 Å². The first-order valence-corrected chi connectivity index (χ1v) is 20.7. The summed E-state index contributed by atoms with van der Waals surface area (Å²) in [4.78, 5) is 14.0. The van der Waals surface area contributed by atoms with Gasteiger partial charge < -0.3 is 57.0 Å². The van der Waals surface area contributed by atoms with Crippen LogP contribution in [0.4, 0.5) is 0 Å². The number of esters is 1. The van der Waals surface area contributed by atoms with Crippen LogP contribution >= 0.6 is 0 Å². The van der Waals surface area contributed by atoms with Crippen molar-refractivity contribution >= 4 is 5.97 Å². The number of carbonyl (C=O) groups is 1. The largest absolute Gasteiger partial charge is 0.463 e. The van der Waals surface area contributed by atoms with Crippen LogP contribution in [-0.4, -0.2) is 170 Å². The van der Waals surface area contributed by atoms with E-state index in [1.807, 2.05) is 14.1 Å². The van der Waals surface area contributed by atoms with Crippen LogP contribution in [0.25, 0.3) is 0 Å². The van der Waals surface area contributed by atoms with E-state index in [-0.39, 0.29) is 5.97 Å². The molecule has 13 nitrogen and oxygen atoms in total. The first-order chi connectivity index (χ1) is 26.2. The summed E-state index contributed by atoms with van der Waals surface area (Å²) in [6.45, 7) is 13.9. The molecule has 0 aliphatic carbocycles. The van der Waals surface area contributed by atoms with Crippen LogP contribution in [0.3, 0.4) is 0 Å². The van der Waals surface area contributed by atoms with Gasteiger partial charge in [0.05, 0.1) is 132 Å². The second-order valence-corrected chi connectivity index (χ2v) is 13.1. The Bertz CT molecular complexity index is 692. The van der Waals surface area contributed by atoms with Crippen LogP contribution in [0.1, 0.15) is 96.8 Å². The summed E-state index contributed by atoms with van der Waals surface area (Å²) >= 11 is 0. The molecule has 13 heteroatoms. The Morgan fingerprint density at radius 1 is 0.340 bits per heavy atom. The Kier molecular flexibility index (Phi) is 46.3. The highest BCUT2D eigenvalue weighted by molar-refractivity contribution is 5.69. The molecule has 0 radical (unpaired) electrons. The van der Waals surface area contributed by atoms with Gasteiger partial charge in [-0.05, 0) is 20.5 Å². The van der Waals surface area contributed by atoms with Gasteiger partial charge in [-0.3, -0.25) is 4.79 Å². The highest BCUT2D eigenvalue weighted by Gasteiger charge is 2.03. The summed E-state index contributed by atoms with van der Waals surface area (Å²) in [6, 6.07) is 0. The van der Waals surface area contributed by atoms with Gasteiger partial charge in [-0.2, -0.15) is 0 Å². The molecule has 0 rings (SSSR count). The number of carbonyl (C=O) groups excluding carboxylic acids is 1. The first-order valence-electron chi connectivity index (χ1n) is 20.7. The van der Waals surface area contributed by atoms with Crippen molar-refractivity contribution in [3.63, 3.8) is 0 Å². The molecule has 0 aromatic rings. The Labute approximate surface area is 323 Å². The van der Waals surface area contributed by atoms with Gasteiger partial charge in [-0.15, -0.1) is 0 Å². The standard InChI is InChI=1S/C40H81NO12/c1-4-5-6-7-8-9-10-11-12-13-14-15-16-17-40(42)53-39-38-52-37-36-51-35-34-50-33-32-49-31-30-48-29-28-47-27-26-46-25-24-45-23-22-44-21-20-43-19-18-41(2)3/h4-39H2,1-3H3. The SMILES string of the molecule is CCCCCCCCCCCCCCCC(=O)OCCOCCOCCOCCOCCOCCOCCOCCOCCOCCOCCN(C)C. The molecule has 0 N–H and O–H groups in total. The fourth-order valence-corrected chi connectivity index (χ4v) is 4.90. The van der Waals surface area contributed by atoms with Crippen molar-refractivity contribution < 1.29 is 56.9 Å². The lowest BCUT2D eigenvalue weighted by Crippen LogP contribution is -2.19. The highest BCUT2D eigenvalue weighted by Crippen LogP contribution is 2.13. The molecule has 0 fully saturated rings. The number of hydrogen-bond acceptors (Lipinski definition) is 13. The molecule has 0 saturated heterocycles. The minimum absolute atomic E-state index is 0.130. The molecule has 0 heterocycles. The van der Waals surface area contributed by atoms with E-state index in [0.29, 0.717) is 145 Å². The minimum Gasteiger partial charge on any atom is -0.463 e. The Morgan fingerprint density at radius 3 is 0.868 bits per heavy atom. The molecule has 0 spiro atoms. The van der Waals surface area contributed by atoms with Gasteiger partial charge in [-0.25, -0.2) is 0 Å². The molecule has 0 unspecified atom stereocenters. The molecule has 0 saturated carbocycles. The van der Waals surface area contributed by atoms with Crippen LogP contribution in [0.2, 0.25) is 0 Å². The van der Waals surface area contributed by atoms with Crippen molar-refractivity contribution in [2.75, 3.05) is 159 Å². The van der Waals surface area contributed by atoms with Crippen molar-refractivity contribution in [3.05, 3.63) is 0 Å². The lowest BCUT2D eigenvalue weighted by atomic mass is 10.0. The first kappa shape index (κ1) is 52.0. The van der Waals surface area contributed by atoms with Crippen LogP contribution in [0, 0.1) is 0 Å². The van der Waals surface area contributed by atoms with Gasteiger partial charge in [0.2, 0.25) is 0 Å². The third-order valence-corrected chi connectivity index (χ3v) is 8.01. The van der Waals surface area contributed by atoms with E-state index < -0.39 is 0 Å². The quantitative estimate of drug-likeness (QED) is 0.0554. The van der Waals surface area contributed by atoms with Crippen LogP contribution < -0.4 is 0 Å². The van der Waals surface area contributed by atoms with E-state index in [1.165, 1.54) is 70.6 Å². The maximum Gasteiger partial charge on any atom is 0.305 e. The van der Waals surface area contributed by atoms with E-state index in [4.69, 9.17) is 52.1 Å². The van der Waals surface area contributed by atoms with Gasteiger partial charge in [0.1, 0.15) is 6.61 Å². The molecule has 0 aliphatic heterocycles. The van der Waals surface area contributed by atoms with Crippen molar-refractivity contribution in [1.29, 1.82) is 0 Å². The monoisotopic (exact) mass is 768 g/mol. The smallest absolute Gasteiger partial charge is 0.305 e. The number of ether oxygens (including phenoxy) is 11. The third kappa shape index (κ3) is 49.0. The van der Waals surface area contributed by atoms with E-state index in [9.17, 15) is 4.79 Å². The molecule has 318 valence electrons. The molecular weight excluding hydrogens is 686 g/mol. The van der Waals surface area contributed by atoms with E-state index in [1.54, 1.807) is 0 Å². The van der Waals surface area contributed by atoms with Crippen molar-refractivity contribution in [2.24, 2.45) is 0 Å². The van der Waals surface area contributed by atoms with Crippen LogP contribution in [0.5, 0.6) is 0 Å². The molecule has 0 aliphatic rings. The summed E-state index contributed by atoms with van der Waals surface area (Å²) < 4.78 is 60.1. The molecular formula is C40H81NO12. The number of unbranched alkanes of at least 4 members (excludes halogenated alkanes) is 12. The Balaban J connectivity index is 3.12. The maximum absolute atomic E-state index is 11.9. The summed E-state index contributed by atoms with van der Waals surface area (Å²) in [5, 5.41) is 0. The fraction of sp³-hybridized carbons (Fsp3) is 0.975. The zero-order valence-corrected chi connectivity index (χ0v) is 34.3. The Hall–Kier alpha value is -0.970. The lowest BCUT2D eigenvalue weighted by Gasteiger charge is -2.10. The average Bonchev–Trinajstić information content (AvgIpc) is 3.15. The van der Waals surface area contributed by atoms with Gasteiger partial charge in [0.15, 0.2) is 0 Å². The predicted octanol–water partition coefficient (Wildman–Crippen LogP) is 5.74. The molecule has 0 aromatic heterocycles. The minimum atomic E-state index is -0.130. The lowest BCUT2D eigenvalue weighted by molar-refractivity contribution is -0.145. The summed E-state index contributed by atoms with van der Waals surface area (Å²) in [5.41, 5.74) is 0. The number of rotatable bonds is 47. The molecule has 0 aromatic carbocycles.